The predicted molar refractivity (Wildman–Crippen MR) is 125 cm³/mol. The van der Waals surface area contributed by atoms with E-state index in [1.165, 1.54) is 9.71 Å². The Morgan fingerprint density at radius 1 is 0.968 bits per heavy atom. The second-order valence-electron chi connectivity index (χ2n) is 7.45. The van der Waals surface area contributed by atoms with Crippen LogP contribution in [-0.2, 0) is 23.7 Å². The third kappa shape index (κ3) is 5.01. The molecule has 9 heteroatoms. The molecule has 3 aromatic rings. The Morgan fingerprint density at radius 3 is 2.23 bits per heavy atom. The van der Waals surface area contributed by atoms with E-state index in [4.69, 9.17) is 17.3 Å². The molecule has 1 aliphatic heterocycles. The molecule has 0 saturated carbocycles. The molecule has 31 heavy (non-hydrogen) atoms. The molecular formula is C22H25N5O2S2. The van der Waals surface area contributed by atoms with Crippen LogP contribution in [-0.4, -0.2) is 58.1 Å². The van der Waals surface area contributed by atoms with Crippen molar-refractivity contribution < 1.29 is 8.42 Å². The zero-order chi connectivity index (χ0) is 21.8. The van der Waals surface area contributed by atoms with Gasteiger partial charge >= 0.3 is 0 Å². The van der Waals surface area contributed by atoms with Crippen LogP contribution in [0.15, 0.2) is 66.1 Å². The predicted octanol–water partition coefficient (Wildman–Crippen LogP) is 3.19. The van der Waals surface area contributed by atoms with Gasteiger partial charge in [0, 0.05) is 44.2 Å². The molecule has 0 atom stereocenters. The van der Waals surface area contributed by atoms with Crippen molar-refractivity contribution in [1.82, 2.24) is 23.6 Å². The second-order valence-corrected chi connectivity index (χ2v) is 9.63. The van der Waals surface area contributed by atoms with Crippen molar-refractivity contribution in [2.45, 2.75) is 6.67 Å². The largest absolute Gasteiger partial charge is 0.303 e. The number of benzene rings is 2. The topological polar surface area (TPSA) is 63.4 Å². The van der Waals surface area contributed by atoms with E-state index in [1.54, 1.807) is 10.8 Å². The maximum Gasteiger partial charge on any atom is 0.236 e. The van der Waals surface area contributed by atoms with Crippen molar-refractivity contribution in [2.24, 2.45) is 7.05 Å². The Hall–Kier alpha value is -2.59. The van der Waals surface area contributed by atoms with Gasteiger partial charge < -0.3 is 4.57 Å². The van der Waals surface area contributed by atoms with E-state index >= 15 is 0 Å². The molecule has 0 radical (unpaired) electrons. The van der Waals surface area contributed by atoms with Crippen LogP contribution in [0.2, 0.25) is 0 Å². The van der Waals surface area contributed by atoms with Gasteiger partial charge in [-0.25, -0.2) is 13.1 Å². The number of rotatable bonds is 6. The summed E-state index contributed by atoms with van der Waals surface area (Å²) in [5.74, 6) is 0.817. The average molecular weight is 456 g/mol. The van der Waals surface area contributed by atoms with Crippen molar-refractivity contribution in [3.05, 3.63) is 76.4 Å². The molecule has 1 fully saturated rings. The lowest BCUT2D eigenvalue weighted by Gasteiger charge is -2.32. The number of hydrogen-bond acceptors (Lipinski definition) is 5. The molecule has 4 rings (SSSR count). The first-order valence-corrected chi connectivity index (χ1v) is 12.0. The number of piperazine rings is 1. The van der Waals surface area contributed by atoms with Gasteiger partial charge in [-0.2, -0.15) is 9.40 Å². The molecule has 2 heterocycles. The lowest BCUT2D eigenvalue weighted by molar-refractivity contribution is 0.145. The summed E-state index contributed by atoms with van der Waals surface area (Å²) >= 11 is 5.57. The molecule has 7 nitrogen and oxygen atoms in total. The van der Waals surface area contributed by atoms with Gasteiger partial charge in [-0.05, 0) is 23.9 Å². The summed E-state index contributed by atoms with van der Waals surface area (Å²) in [6.07, 6.45) is 1.64. The summed E-state index contributed by atoms with van der Waals surface area (Å²) in [4.78, 5) is 2.17. The maximum absolute atomic E-state index is 12.7. The fraction of sp³-hybridized carbons (Fsp3) is 0.273. The third-order valence-electron chi connectivity index (χ3n) is 5.33. The van der Waals surface area contributed by atoms with Crippen molar-refractivity contribution in [3.8, 4) is 11.4 Å². The van der Waals surface area contributed by atoms with E-state index in [0.717, 1.165) is 17.0 Å². The molecule has 0 aliphatic carbocycles. The van der Waals surface area contributed by atoms with Crippen LogP contribution < -0.4 is 0 Å². The highest BCUT2D eigenvalue weighted by molar-refractivity contribution is 7.92. The highest BCUT2D eigenvalue weighted by Gasteiger charge is 2.25. The summed E-state index contributed by atoms with van der Waals surface area (Å²) in [5.41, 5.74) is 1.87. The zero-order valence-corrected chi connectivity index (χ0v) is 19.0. The van der Waals surface area contributed by atoms with Gasteiger partial charge in [0.15, 0.2) is 10.6 Å². The minimum absolute atomic E-state index is 0.438. The summed E-state index contributed by atoms with van der Waals surface area (Å²) in [6.45, 7) is 2.66. The van der Waals surface area contributed by atoms with Crippen LogP contribution in [0.3, 0.4) is 0 Å². The maximum atomic E-state index is 12.7. The van der Waals surface area contributed by atoms with Crippen molar-refractivity contribution in [3.63, 3.8) is 0 Å². The molecule has 1 aliphatic rings. The van der Waals surface area contributed by atoms with E-state index in [2.05, 4.69) is 4.90 Å². The smallest absolute Gasteiger partial charge is 0.236 e. The first kappa shape index (κ1) is 21.6. The number of hydrogen-bond donors (Lipinski definition) is 0. The standard InChI is InChI=1S/C22H25N5O2S2/c1-24-21(20-10-6-3-7-11-20)23-27(22(24)30)18-25-13-15-26(16-14-25)31(28,29)17-12-19-8-4-2-5-9-19/h2-12,17H,13-16,18H2,1H3. The summed E-state index contributed by atoms with van der Waals surface area (Å²) < 4.78 is 31.2. The minimum atomic E-state index is -3.45. The Kier molecular flexibility index (Phi) is 6.47. The Labute approximate surface area is 187 Å². The monoisotopic (exact) mass is 455 g/mol. The molecule has 0 amide bonds. The minimum Gasteiger partial charge on any atom is -0.303 e. The van der Waals surface area contributed by atoms with Gasteiger partial charge in [0.25, 0.3) is 0 Å². The molecule has 0 bridgehead atoms. The number of sulfonamides is 1. The van der Waals surface area contributed by atoms with Gasteiger partial charge in [-0.1, -0.05) is 60.7 Å². The first-order chi connectivity index (χ1) is 14.9. The molecule has 0 spiro atoms. The normalized spacial score (nSPS) is 16.2. The number of aromatic nitrogens is 3. The van der Waals surface area contributed by atoms with Crippen molar-refractivity contribution in [2.75, 3.05) is 26.2 Å². The van der Waals surface area contributed by atoms with Gasteiger partial charge in [0.1, 0.15) is 0 Å². The quantitative estimate of drug-likeness (QED) is 0.534. The zero-order valence-electron chi connectivity index (χ0n) is 17.3. The van der Waals surface area contributed by atoms with Gasteiger partial charge in [-0.15, -0.1) is 0 Å². The molecule has 0 N–H and O–H groups in total. The Balaban J connectivity index is 1.40. The van der Waals surface area contributed by atoms with Crippen LogP contribution in [0.1, 0.15) is 5.56 Å². The lowest BCUT2D eigenvalue weighted by atomic mass is 10.2. The number of nitrogens with zero attached hydrogens (tertiary/aromatic N) is 5. The molecule has 2 aromatic carbocycles. The molecule has 0 unspecified atom stereocenters. The molecule has 1 aromatic heterocycles. The van der Waals surface area contributed by atoms with Gasteiger partial charge in [0.2, 0.25) is 10.0 Å². The summed E-state index contributed by atoms with van der Waals surface area (Å²) in [7, 11) is -1.53. The Morgan fingerprint density at radius 2 is 1.58 bits per heavy atom. The van der Waals surface area contributed by atoms with E-state index in [9.17, 15) is 8.42 Å². The van der Waals surface area contributed by atoms with E-state index in [0.29, 0.717) is 37.6 Å². The van der Waals surface area contributed by atoms with Crippen LogP contribution >= 0.6 is 12.2 Å². The first-order valence-electron chi connectivity index (χ1n) is 10.1. The van der Waals surface area contributed by atoms with Crippen LogP contribution in [0, 0.1) is 4.77 Å². The van der Waals surface area contributed by atoms with Crippen LogP contribution in [0.4, 0.5) is 0 Å². The summed E-state index contributed by atoms with van der Waals surface area (Å²) in [5, 5.41) is 5.99. The highest BCUT2D eigenvalue weighted by atomic mass is 32.2. The van der Waals surface area contributed by atoms with Gasteiger partial charge in [0.05, 0.1) is 6.67 Å². The highest BCUT2D eigenvalue weighted by Crippen LogP contribution is 2.18. The van der Waals surface area contributed by atoms with Crippen molar-refractivity contribution >= 4 is 28.3 Å². The van der Waals surface area contributed by atoms with Crippen LogP contribution in [0.5, 0.6) is 0 Å². The fourth-order valence-corrected chi connectivity index (χ4v) is 4.91. The van der Waals surface area contributed by atoms with E-state index < -0.39 is 10.0 Å². The molecular weight excluding hydrogens is 430 g/mol. The fourth-order valence-electron chi connectivity index (χ4n) is 3.55. The van der Waals surface area contributed by atoms with Crippen LogP contribution in [0.25, 0.3) is 17.5 Å². The molecule has 162 valence electrons. The van der Waals surface area contributed by atoms with Gasteiger partial charge in [-0.3, -0.25) is 4.90 Å². The second kappa shape index (κ2) is 9.27. The summed E-state index contributed by atoms with van der Waals surface area (Å²) in [6, 6.07) is 19.4. The third-order valence-corrected chi connectivity index (χ3v) is 7.38. The van der Waals surface area contributed by atoms with E-state index in [1.807, 2.05) is 72.3 Å². The lowest BCUT2D eigenvalue weighted by Crippen LogP contribution is -2.48. The van der Waals surface area contributed by atoms with Crippen molar-refractivity contribution in [1.29, 1.82) is 0 Å². The Bertz CT molecular complexity index is 1210. The average Bonchev–Trinajstić information content (AvgIpc) is 3.08. The SMILES string of the molecule is Cn1c(-c2ccccc2)nn(CN2CCN(S(=O)(=O)C=Cc3ccccc3)CC2)c1=S. The van der Waals surface area contributed by atoms with E-state index in [-0.39, 0.29) is 0 Å². The molecule has 1 saturated heterocycles.